The lowest BCUT2D eigenvalue weighted by Gasteiger charge is -2.20. The molecule has 3 atom stereocenters. The lowest BCUT2D eigenvalue weighted by Crippen LogP contribution is -2.34. The summed E-state index contributed by atoms with van der Waals surface area (Å²) in [6, 6.07) is -1.52. The van der Waals surface area contributed by atoms with Gasteiger partial charge in [-0.25, -0.2) is 4.57 Å². The molecule has 0 fully saturated rings. The van der Waals surface area contributed by atoms with Crippen molar-refractivity contribution < 1.29 is 47.5 Å². The Kier molecular flexibility index (Phi) is 29.4. The van der Waals surface area contributed by atoms with Crippen LogP contribution in [0, 0.1) is 0 Å². The van der Waals surface area contributed by atoms with Gasteiger partial charge in [0.1, 0.15) is 12.6 Å². The predicted octanol–water partition coefficient (Wildman–Crippen LogP) is 8.17. The zero-order chi connectivity index (χ0) is 34.3. The molecule has 0 saturated carbocycles. The Morgan fingerprint density at radius 3 is 1.65 bits per heavy atom. The third-order valence-corrected chi connectivity index (χ3v) is 8.46. The molecule has 0 aromatic heterocycles. The molecule has 46 heavy (non-hydrogen) atoms. The number of rotatable bonds is 33. The molecule has 0 aliphatic rings. The van der Waals surface area contributed by atoms with Crippen LogP contribution in [0.25, 0.3) is 0 Å². The molecule has 0 heterocycles. The molecular weight excluding hydrogens is 613 g/mol. The number of carboxylic acids is 1. The summed E-state index contributed by atoms with van der Waals surface area (Å²) in [5.41, 5.74) is 5.30. The number of nitrogens with two attached hydrogens (primary N) is 1. The van der Waals surface area contributed by atoms with Crippen molar-refractivity contribution in [2.45, 2.75) is 167 Å². The van der Waals surface area contributed by atoms with Crippen molar-refractivity contribution in [3.8, 4) is 0 Å². The summed E-state index contributed by atoms with van der Waals surface area (Å²) in [7, 11) is -4.70. The summed E-state index contributed by atoms with van der Waals surface area (Å²) in [6.45, 7) is 2.71. The predicted molar refractivity (Wildman–Crippen MR) is 180 cm³/mol. The van der Waals surface area contributed by atoms with Gasteiger partial charge in [0.05, 0.1) is 13.2 Å². The van der Waals surface area contributed by atoms with Crippen molar-refractivity contribution in [1.29, 1.82) is 0 Å². The normalized spacial score (nSPS) is 14.2. The van der Waals surface area contributed by atoms with Crippen molar-refractivity contribution in [3.63, 3.8) is 0 Å². The van der Waals surface area contributed by atoms with Gasteiger partial charge in [0.2, 0.25) is 0 Å². The topological polar surface area (TPSA) is 172 Å². The first-order chi connectivity index (χ1) is 22.1. The third-order valence-electron chi connectivity index (χ3n) is 7.51. The molecule has 0 saturated heterocycles. The maximum Gasteiger partial charge on any atom is 0.472 e. The van der Waals surface area contributed by atoms with Gasteiger partial charge in [-0.3, -0.25) is 23.4 Å². The van der Waals surface area contributed by atoms with Crippen molar-refractivity contribution >= 4 is 25.7 Å². The van der Waals surface area contributed by atoms with Crippen LogP contribution in [0.3, 0.4) is 0 Å². The summed E-state index contributed by atoms with van der Waals surface area (Å²) in [5, 5.41) is 8.83. The van der Waals surface area contributed by atoms with Crippen molar-refractivity contribution in [1.82, 2.24) is 0 Å². The minimum Gasteiger partial charge on any atom is -0.480 e. The molecule has 0 radical (unpaired) electrons. The van der Waals surface area contributed by atoms with E-state index in [0.29, 0.717) is 12.8 Å². The van der Waals surface area contributed by atoms with Crippen LogP contribution in [0.1, 0.15) is 155 Å². The van der Waals surface area contributed by atoms with Gasteiger partial charge in [0.25, 0.3) is 0 Å². The van der Waals surface area contributed by atoms with E-state index in [4.69, 9.17) is 24.8 Å². The third kappa shape index (κ3) is 29.6. The SMILES string of the molecule is CCCC/C=C\CCCCCCCC(=O)OC(COC(=O)CCCCCCCCCCCCC)COP(=O)(O)OCC(N)C(=O)O. The highest BCUT2D eigenvalue weighted by Gasteiger charge is 2.28. The van der Waals surface area contributed by atoms with Crippen LogP contribution in [-0.2, 0) is 37.5 Å². The molecular formula is C34H64NO10P. The van der Waals surface area contributed by atoms with Crippen LogP contribution in [0.15, 0.2) is 12.2 Å². The molecule has 0 bridgehead atoms. The Hall–Kier alpha value is -1.78. The van der Waals surface area contributed by atoms with Crippen molar-refractivity contribution in [3.05, 3.63) is 12.2 Å². The fourth-order valence-corrected chi connectivity index (χ4v) is 5.41. The second kappa shape index (κ2) is 30.5. The summed E-state index contributed by atoms with van der Waals surface area (Å²) < 4.78 is 32.4. The number of unbranched alkanes of at least 4 members (excludes halogenated alkanes) is 17. The van der Waals surface area contributed by atoms with Crippen LogP contribution >= 0.6 is 7.82 Å². The van der Waals surface area contributed by atoms with Gasteiger partial charge >= 0.3 is 25.7 Å². The zero-order valence-corrected chi connectivity index (χ0v) is 29.6. The summed E-state index contributed by atoms with van der Waals surface area (Å²) in [6.07, 6.45) is 25.8. The summed E-state index contributed by atoms with van der Waals surface area (Å²) in [5.74, 6) is -2.39. The van der Waals surface area contributed by atoms with Gasteiger partial charge in [-0.05, 0) is 32.1 Å². The molecule has 0 aromatic rings. The second-order valence-corrected chi connectivity index (χ2v) is 13.5. The van der Waals surface area contributed by atoms with Gasteiger partial charge in [0.15, 0.2) is 6.10 Å². The molecule has 11 nitrogen and oxygen atoms in total. The number of phosphoric acid groups is 1. The Morgan fingerprint density at radius 2 is 1.11 bits per heavy atom. The van der Waals surface area contributed by atoms with Crippen LogP contribution in [-0.4, -0.2) is 59.9 Å². The molecule has 0 spiro atoms. The highest BCUT2D eigenvalue weighted by molar-refractivity contribution is 7.47. The number of carbonyl (C=O) groups excluding carboxylic acids is 2. The average molecular weight is 678 g/mol. The molecule has 0 aliphatic carbocycles. The van der Waals surface area contributed by atoms with Crippen molar-refractivity contribution in [2.75, 3.05) is 19.8 Å². The van der Waals surface area contributed by atoms with E-state index < -0.39 is 51.1 Å². The lowest BCUT2D eigenvalue weighted by molar-refractivity contribution is -0.161. The van der Waals surface area contributed by atoms with E-state index in [2.05, 4.69) is 30.5 Å². The van der Waals surface area contributed by atoms with E-state index in [1.807, 2.05) is 0 Å². The molecule has 12 heteroatoms. The second-order valence-electron chi connectivity index (χ2n) is 12.0. The van der Waals surface area contributed by atoms with Gasteiger partial charge in [0, 0.05) is 12.8 Å². The first kappa shape index (κ1) is 44.2. The zero-order valence-electron chi connectivity index (χ0n) is 28.7. The Labute approximate surface area is 278 Å². The molecule has 0 aliphatic heterocycles. The number of phosphoric ester groups is 1. The number of carboxylic acid groups (broad SMARTS) is 1. The minimum absolute atomic E-state index is 0.154. The number of esters is 2. The monoisotopic (exact) mass is 677 g/mol. The quantitative estimate of drug-likeness (QED) is 0.0265. The Balaban J connectivity index is 4.49. The molecule has 4 N–H and O–H groups in total. The molecule has 0 rings (SSSR count). The fraction of sp³-hybridized carbons (Fsp3) is 0.853. The number of carbonyl (C=O) groups is 3. The summed E-state index contributed by atoms with van der Waals surface area (Å²) in [4.78, 5) is 45.5. The van der Waals surface area contributed by atoms with Crippen LogP contribution in [0.4, 0.5) is 0 Å². The highest BCUT2D eigenvalue weighted by Crippen LogP contribution is 2.43. The molecule has 270 valence electrons. The highest BCUT2D eigenvalue weighted by atomic mass is 31.2. The lowest BCUT2D eigenvalue weighted by atomic mass is 10.1. The van der Waals surface area contributed by atoms with Gasteiger partial charge in [-0.1, -0.05) is 122 Å². The van der Waals surface area contributed by atoms with Gasteiger partial charge in [-0.2, -0.15) is 0 Å². The Bertz CT molecular complexity index is 854. The number of hydrogen-bond donors (Lipinski definition) is 3. The van der Waals surface area contributed by atoms with E-state index in [1.54, 1.807) is 0 Å². The minimum atomic E-state index is -4.70. The van der Waals surface area contributed by atoms with Gasteiger partial charge < -0.3 is 25.2 Å². The first-order valence-electron chi connectivity index (χ1n) is 17.7. The van der Waals surface area contributed by atoms with E-state index in [-0.39, 0.29) is 19.4 Å². The first-order valence-corrected chi connectivity index (χ1v) is 19.2. The maximum atomic E-state index is 12.5. The van der Waals surface area contributed by atoms with E-state index in [9.17, 15) is 23.8 Å². The van der Waals surface area contributed by atoms with E-state index in [1.165, 1.54) is 57.8 Å². The smallest absolute Gasteiger partial charge is 0.472 e. The van der Waals surface area contributed by atoms with Crippen molar-refractivity contribution in [2.24, 2.45) is 5.73 Å². The largest absolute Gasteiger partial charge is 0.480 e. The number of hydrogen-bond acceptors (Lipinski definition) is 9. The van der Waals surface area contributed by atoms with Crippen LogP contribution in [0.5, 0.6) is 0 Å². The number of ether oxygens (including phenoxy) is 2. The van der Waals surface area contributed by atoms with E-state index in [0.717, 1.165) is 57.8 Å². The van der Waals surface area contributed by atoms with Crippen LogP contribution < -0.4 is 5.73 Å². The standard InChI is InChI=1S/C34H64NO10P/c1-3-5-7-9-11-13-15-17-19-21-23-25-32(36)42-27-30(28-43-46(40,41)44-29-31(35)34(38)39)45-33(37)26-24-22-20-18-16-14-12-10-8-6-4-2/h10,12,30-31H,3-9,11,13-29,35H2,1-2H3,(H,38,39)(H,40,41)/b12-10-. The number of aliphatic carboxylic acids is 1. The van der Waals surface area contributed by atoms with E-state index >= 15 is 0 Å². The molecule has 3 unspecified atom stereocenters. The molecule has 0 aromatic carbocycles. The Morgan fingerprint density at radius 1 is 0.652 bits per heavy atom. The average Bonchev–Trinajstić information content (AvgIpc) is 3.02. The molecule has 0 amide bonds. The maximum absolute atomic E-state index is 12.5. The van der Waals surface area contributed by atoms with Crippen LogP contribution in [0.2, 0.25) is 0 Å². The summed E-state index contributed by atoms with van der Waals surface area (Å²) >= 11 is 0. The fourth-order valence-electron chi connectivity index (χ4n) is 4.63. The number of allylic oxidation sites excluding steroid dienone is 2. The van der Waals surface area contributed by atoms with Gasteiger partial charge in [-0.15, -0.1) is 0 Å².